The number of primary amides is 1. The van der Waals surface area contributed by atoms with Crippen LogP contribution < -0.4 is 32.3 Å². The van der Waals surface area contributed by atoms with E-state index < -0.39 is 100 Å². The van der Waals surface area contributed by atoms with E-state index in [0.29, 0.717) is 59.4 Å². The number of phenolic OH excluding ortho intramolecular Hbond substituents is 1. The molecule has 0 saturated heterocycles. The number of benzene rings is 2. The zero-order valence-electron chi connectivity index (χ0n) is 38.1. The molecule has 2 aliphatic rings. The first-order chi connectivity index (χ1) is 29.9. The van der Waals surface area contributed by atoms with E-state index in [4.69, 9.17) is 14.6 Å². The van der Waals surface area contributed by atoms with E-state index in [1.165, 1.54) is 12.3 Å². The molecule has 8 N–H and O–H groups in total. The first-order valence-corrected chi connectivity index (χ1v) is 27.3. The summed E-state index contributed by atoms with van der Waals surface area (Å²) in [6, 6.07) is 8.30. The van der Waals surface area contributed by atoms with E-state index in [2.05, 4.69) is 26.6 Å². The number of anilines is 1. The van der Waals surface area contributed by atoms with Crippen molar-refractivity contribution < 1.29 is 47.5 Å². The number of allylic oxidation sites excluding steroid dienone is 1. The van der Waals surface area contributed by atoms with Crippen molar-refractivity contribution in [2.45, 2.75) is 148 Å². The number of carbonyl (C=O) groups is 7. The number of nitrogens with two attached hydrogens (primary N) is 1. The third-order valence-electron chi connectivity index (χ3n) is 13.1. The maximum atomic E-state index is 15.5. The summed E-state index contributed by atoms with van der Waals surface area (Å²) in [4.78, 5) is 98.4. The SMILES string of the molecule is C/C=C\NC(=O)[C@@H]1NC(=O)[C@H](CC(N)=O)NC(=O)[C@@H](NC(=O)C(=O)[C@@H](C)CC)Cc2ccc(O)c(c2)-c2cccc3c2NC(=O)[C@@]3(O[Si](CC)(CC)CC)[C@@H]1O[Si](CC)(CC)CC. The molecular formula is C45H66N6O10Si2. The zero-order chi connectivity index (χ0) is 46.9. The second-order valence-electron chi connectivity index (χ2n) is 16.5. The Hall–Kier alpha value is -5.18. The van der Waals surface area contributed by atoms with Crippen LogP contribution in [0.15, 0.2) is 48.7 Å². The Balaban J connectivity index is 2.20. The van der Waals surface area contributed by atoms with Crippen LogP contribution in [0.1, 0.15) is 86.3 Å². The molecule has 2 aromatic rings. The van der Waals surface area contributed by atoms with Gasteiger partial charge in [-0.15, -0.1) is 0 Å². The number of hydrogen-bond acceptors (Lipinski definition) is 10. The number of fused-ring (bicyclic) bond motifs is 3. The first-order valence-electron chi connectivity index (χ1n) is 22.2. The van der Waals surface area contributed by atoms with Crippen LogP contribution in [0, 0.1) is 5.92 Å². The van der Waals surface area contributed by atoms with E-state index >= 15 is 4.79 Å². The minimum absolute atomic E-state index is 0.170. The molecule has 0 fully saturated rings. The lowest BCUT2D eigenvalue weighted by Crippen LogP contribution is -2.68. The highest BCUT2D eigenvalue weighted by atomic mass is 28.4. The lowest BCUT2D eigenvalue weighted by atomic mass is 9.83. The number of phenols is 1. The van der Waals surface area contributed by atoms with Crippen molar-refractivity contribution in [2.75, 3.05) is 5.32 Å². The van der Waals surface area contributed by atoms with Gasteiger partial charge in [0, 0.05) is 29.0 Å². The van der Waals surface area contributed by atoms with Gasteiger partial charge in [-0.1, -0.05) is 85.7 Å². The highest BCUT2D eigenvalue weighted by Gasteiger charge is 2.63. The summed E-state index contributed by atoms with van der Waals surface area (Å²) in [6.07, 6.45) is 0.800. The number of para-hydroxylation sites is 1. The molecule has 2 aliphatic heterocycles. The minimum atomic E-state index is -2.90. The van der Waals surface area contributed by atoms with Gasteiger partial charge in [-0.25, -0.2) is 0 Å². The van der Waals surface area contributed by atoms with Crippen LogP contribution in [0.2, 0.25) is 36.3 Å². The molecule has 0 saturated carbocycles. The van der Waals surface area contributed by atoms with Gasteiger partial charge in [0.1, 0.15) is 30.0 Å². The van der Waals surface area contributed by atoms with Gasteiger partial charge in [0.05, 0.1) is 12.1 Å². The third kappa shape index (κ3) is 10.6. The lowest BCUT2D eigenvalue weighted by Gasteiger charge is -2.48. The molecule has 344 valence electrons. The largest absolute Gasteiger partial charge is 0.507 e. The topological polar surface area (TPSA) is 244 Å². The maximum Gasteiger partial charge on any atom is 0.288 e. The van der Waals surface area contributed by atoms with Gasteiger partial charge in [-0.2, -0.15) is 0 Å². The van der Waals surface area contributed by atoms with E-state index in [9.17, 15) is 33.9 Å². The summed E-state index contributed by atoms with van der Waals surface area (Å²) in [5.74, 6) is -6.96. The fourth-order valence-corrected chi connectivity index (χ4v) is 14.2. The second kappa shape index (κ2) is 21.5. The molecule has 4 rings (SSSR count). The highest BCUT2D eigenvalue weighted by molar-refractivity contribution is 6.74. The van der Waals surface area contributed by atoms with Crippen molar-refractivity contribution in [1.29, 1.82) is 0 Å². The Morgan fingerprint density at radius 2 is 1.54 bits per heavy atom. The van der Waals surface area contributed by atoms with Crippen LogP contribution in [-0.4, -0.2) is 87.2 Å². The van der Waals surface area contributed by atoms with Crippen molar-refractivity contribution in [3.63, 3.8) is 0 Å². The van der Waals surface area contributed by atoms with Crippen LogP contribution >= 0.6 is 0 Å². The number of nitrogens with one attached hydrogen (secondary N) is 5. The zero-order valence-corrected chi connectivity index (χ0v) is 40.1. The predicted octanol–water partition coefficient (Wildman–Crippen LogP) is 4.77. The predicted molar refractivity (Wildman–Crippen MR) is 245 cm³/mol. The van der Waals surface area contributed by atoms with E-state index in [0.717, 1.165) is 0 Å². The van der Waals surface area contributed by atoms with Crippen LogP contribution in [0.5, 0.6) is 5.75 Å². The Kier molecular flexibility index (Phi) is 17.2. The molecule has 0 aromatic heterocycles. The van der Waals surface area contributed by atoms with E-state index in [-0.39, 0.29) is 23.4 Å². The van der Waals surface area contributed by atoms with Crippen molar-refractivity contribution in [1.82, 2.24) is 21.3 Å². The number of ketones is 1. The highest BCUT2D eigenvalue weighted by Crippen LogP contribution is 2.52. The van der Waals surface area contributed by atoms with Gasteiger partial charge in [0.25, 0.3) is 11.8 Å². The lowest BCUT2D eigenvalue weighted by molar-refractivity contribution is -0.151. The van der Waals surface area contributed by atoms with Crippen LogP contribution in [0.25, 0.3) is 11.1 Å². The quantitative estimate of drug-likeness (QED) is 0.0798. The van der Waals surface area contributed by atoms with Gasteiger partial charge >= 0.3 is 0 Å². The van der Waals surface area contributed by atoms with Gasteiger partial charge in [-0.3, -0.25) is 33.6 Å². The van der Waals surface area contributed by atoms with E-state index in [1.54, 1.807) is 57.2 Å². The molecule has 16 nitrogen and oxygen atoms in total. The molecule has 0 radical (unpaired) electrons. The molecule has 6 amide bonds. The number of amides is 6. The van der Waals surface area contributed by atoms with Crippen molar-refractivity contribution in [3.8, 4) is 16.9 Å². The van der Waals surface area contributed by atoms with Gasteiger partial charge in [0.2, 0.25) is 29.4 Å². The summed E-state index contributed by atoms with van der Waals surface area (Å²) >= 11 is 0. The standard InChI is InChI=1S/C45H66N6O10Si2/c1-10-23-47-42(57)37-39(60-62(12-3,13-4)14-5)45(61-63(15-6,16-7)17-8)31-20-18-19-29(36(31)51-44(45)59)30-24-28(21-22-34(30)52)25-32(49-43(58)38(54)27(9)11-2)40(55)48-33(26-35(46)53)41(56)50-37/h10,18-24,27,32-33,37,39,52H,11-17,25-26H2,1-9H3,(H2,46,53)(H,47,57)(H,48,55)(H,49,58)(H,50,56)(H,51,59)/b23-10-/t27-,32-,33-,37+,39+,45-/m0/s1. The molecular weight excluding hydrogens is 841 g/mol. The molecule has 2 heterocycles. The first kappa shape index (κ1) is 50.5. The third-order valence-corrected chi connectivity index (χ3v) is 22.3. The van der Waals surface area contributed by atoms with Crippen molar-refractivity contribution in [3.05, 3.63) is 59.8 Å². The number of rotatable bonds is 18. The molecule has 18 heteroatoms. The van der Waals surface area contributed by atoms with E-state index in [1.807, 2.05) is 41.5 Å². The van der Waals surface area contributed by atoms with Crippen LogP contribution in [0.4, 0.5) is 5.69 Å². The average Bonchev–Trinajstić information content (AvgIpc) is 3.56. The molecule has 6 atom stereocenters. The number of aromatic hydroxyl groups is 1. The summed E-state index contributed by atoms with van der Waals surface area (Å²) in [5.41, 5.74) is 5.29. The van der Waals surface area contributed by atoms with Crippen molar-refractivity contribution in [2.24, 2.45) is 11.7 Å². The number of carbonyl (C=O) groups excluding carboxylic acids is 7. The average molecular weight is 907 g/mol. The summed E-state index contributed by atoms with van der Waals surface area (Å²) in [5, 5.41) is 25.1. The van der Waals surface area contributed by atoms with Crippen molar-refractivity contribution >= 4 is 63.5 Å². The monoisotopic (exact) mass is 906 g/mol. The van der Waals surface area contributed by atoms with Gasteiger partial charge in [-0.05, 0) is 73.5 Å². The fraction of sp³-hybridized carbons (Fsp3) is 0.533. The summed E-state index contributed by atoms with van der Waals surface area (Å²) < 4.78 is 14.8. The molecule has 0 aliphatic carbocycles. The second-order valence-corrected chi connectivity index (χ2v) is 25.9. The minimum Gasteiger partial charge on any atom is -0.507 e. The Bertz CT molecular complexity index is 2070. The number of hydrogen-bond donors (Lipinski definition) is 7. The smallest absolute Gasteiger partial charge is 0.288 e. The number of Topliss-reactive ketones (excluding diaryl/α,β-unsaturated/α-hetero) is 1. The fourth-order valence-electron chi connectivity index (χ4n) is 8.43. The Labute approximate surface area is 372 Å². The maximum absolute atomic E-state index is 15.5. The van der Waals surface area contributed by atoms with Gasteiger partial charge < -0.3 is 46.3 Å². The summed E-state index contributed by atoms with van der Waals surface area (Å²) in [6.45, 7) is 17.0. The molecule has 6 bridgehead atoms. The summed E-state index contributed by atoms with van der Waals surface area (Å²) in [7, 11) is -5.80. The Morgan fingerprint density at radius 1 is 0.905 bits per heavy atom. The molecule has 63 heavy (non-hydrogen) atoms. The molecule has 0 unspecified atom stereocenters. The normalized spacial score (nSPS) is 22.1. The van der Waals surface area contributed by atoms with Gasteiger partial charge in [0.15, 0.2) is 22.2 Å². The van der Waals surface area contributed by atoms with Crippen LogP contribution in [0.3, 0.4) is 0 Å². The molecule has 2 aromatic carbocycles. The van der Waals surface area contributed by atoms with Crippen LogP contribution in [-0.2, 0) is 54.4 Å². The Morgan fingerprint density at radius 3 is 2.11 bits per heavy atom. The molecule has 0 spiro atoms.